The number of halogens is 1. The van der Waals surface area contributed by atoms with Crippen LogP contribution in [0.5, 0.6) is 17.2 Å². The Morgan fingerprint density at radius 2 is 1.73 bits per heavy atom. The highest BCUT2D eigenvalue weighted by atomic mass is 79.9. The minimum atomic E-state index is -4.02. The lowest BCUT2D eigenvalue weighted by Crippen LogP contribution is -2.09. The monoisotopic (exact) mass is 486 g/mol. The molecule has 30 heavy (non-hydrogen) atoms. The molecule has 8 heteroatoms. The van der Waals surface area contributed by atoms with Crippen LogP contribution < -0.4 is 13.7 Å². The lowest BCUT2D eigenvalue weighted by Gasteiger charge is -2.08. The third kappa shape index (κ3) is 4.10. The van der Waals surface area contributed by atoms with Crippen LogP contribution in [0.25, 0.3) is 6.08 Å². The summed E-state index contributed by atoms with van der Waals surface area (Å²) in [7, 11) is -2.46. The SMILES string of the molecule is COc1cccc(C=C2Oc3cc(OS(=O)(=O)c4ccc(Br)cc4)ccc3C2=O)c1. The fourth-order valence-electron chi connectivity index (χ4n) is 2.88. The van der Waals surface area contributed by atoms with E-state index in [0.29, 0.717) is 11.3 Å². The van der Waals surface area contributed by atoms with Gasteiger partial charge in [0.05, 0.1) is 12.7 Å². The van der Waals surface area contributed by atoms with Gasteiger partial charge in [0, 0.05) is 10.5 Å². The number of rotatable bonds is 5. The molecule has 0 saturated heterocycles. The van der Waals surface area contributed by atoms with E-state index in [1.807, 2.05) is 6.07 Å². The standard InChI is InChI=1S/C22H15BrO6S/c1-27-16-4-2-3-14(11-16)12-21-22(24)19-10-7-17(13-20(19)28-21)29-30(25,26)18-8-5-15(23)6-9-18/h2-13H,1H3. The van der Waals surface area contributed by atoms with E-state index in [0.717, 1.165) is 10.0 Å². The normalized spacial score (nSPS) is 14.3. The molecule has 6 nitrogen and oxygen atoms in total. The Kier molecular flexibility index (Phi) is 5.36. The highest BCUT2D eigenvalue weighted by Gasteiger charge is 2.28. The average Bonchev–Trinajstić information content (AvgIpc) is 3.03. The summed E-state index contributed by atoms with van der Waals surface area (Å²) >= 11 is 3.26. The second-order valence-corrected chi connectivity index (χ2v) is 8.83. The van der Waals surface area contributed by atoms with Crippen molar-refractivity contribution in [1.29, 1.82) is 0 Å². The van der Waals surface area contributed by atoms with Gasteiger partial charge >= 0.3 is 10.1 Å². The van der Waals surface area contributed by atoms with Gasteiger partial charge in [-0.2, -0.15) is 8.42 Å². The first-order valence-corrected chi connectivity index (χ1v) is 11.0. The van der Waals surface area contributed by atoms with Crippen LogP contribution in [0.15, 0.2) is 81.9 Å². The molecule has 0 unspecified atom stereocenters. The van der Waals surface area contributed by atoms with Gasteiger partial charge in [-0.05, 0) is 60.2 Å². The molecule has 3 aromatic carbocycles. The zero-order valence-electron chi connectivity index (χ0n) is 15.7. The molecule has 1 heterocycles. The van der Waals surface area contributed by atoms with E-state index >= 15 is 0 Å². The summed E-state index contributed by atoms with van der Waals surface area (Å²) in [6.45, 7) is 0. The Hall–Kier alpha value is -3.10. The Labute approximate surface area is 182 Å². The molecule has 1 aliphatic rings. The summed E-state index contributed by atoms with van der Waals surface area (Å²) in [4.78, 5) is 12.6. The summed E-state index contributed by atoms with van der Waals surface area (Å²) in [5.74, 6) is 0.771. The van der Waals surface area contributed by atoms with E-state index in [-0.39, 0.29) is 27.9 Å². The number of ketones is 1. The maximum Gasteiger partial charge on any atom is 0.339 e. The third-order valence-electron chi connectivity index (χ3n) is 4.34. The first-order valence-electron chi connectivity index (χ1n) is 8.78. The molecule has 0 saturated carbocycles. The fourth-order valence-corrected chi connectivity index (χ4v) is 4.06. The van der Waals surface area contributed by atoms with Gasteiger partial charge in [0.25, 0.3) is 0 Å². The summed E-state index contributed by atoms with van der Waals surface area (Å²) in [5.41, 5.74) is 1.07. The average molecular weight is 487 g/mol. The predicted octanol–water partition coefficient (Wildman–Crippen LogP) is 4.84. The molecule has 4 rings (SSSR count). The van der Waals surface area contributed by atoms with Gasteiger partial charge < -0.3 is 13.7 Å². The second-order valence-electron chi connectivity index (χ2n) is 6.37. The van der Waals surface area contributed by atoms with Gasteiger partial charge in [0.1, 0.15) is 22.1 Å². The van der Waals surface area contributed by atoms with Crippen LogP contribution in [-0.4, -0.2) is 21.3 Å². The van der Waals surface area contributed by atoms with E-state index in [2.05, 4.69) is 15.9 Å². The van der Waals surface area contributed by atoms with Crippen LogP contribution in [0, 0.1) is 0 Å². The first kappa shape index (κ1) is 20.2. The highest BCUT2D eigenvalue weighted by molar-refractivity contribution is 9.10. The lowest BCUT2D eigenvalue weighted by atomic mass is 10.1. The number of hydrogen-bond acceptors (Lipinski definition) is 6. The number of carbonyl (C=O) groups is 1. The number of benzene rings is 3. The van der Waals surface area contributed by atoms with Crippen LogP contribution in [0.2, 0.25) is 0 Å². The van der Waals surface area contributed by atoms with Crippen molar-refractivity contribution >= 4 is 37.9 Å². The van der Waals surface area contributed by atoms with Gasteiger partial charge in [-0.25, -0.2) is 0 Å². The van der Waals surface area contributed by atoms with Crippen molar-refractivity contribution in [1.82, 2.24) is 0 Å². The van der Waals surface area contributed by atoms with Crippen molar-refractivity contribution in [2.45, 2.75) is 4.90 Å². The molecular formula is C22H15BrO6S. The third-order valence-corrected chi connectivity index (χ3v) is 6.13. The molecular weight excluding hydrogens is 472 g/mol. The van der Waals surface area contributed by atoms with Crippen LogP contribution >= 0.6 is 15.9 Å². The Morgan fingerprint density at radius 3 is 2.47 bits per heavy atom. The second kappa shape index (κ2) is 7.97. The van der Waals surface area contributed by atoms with Crippen molar-refractivity contribution in [2.75, 3.05) is 7.11 Å². The van der Waals surface area contributed by atoms with E-state index in [4.69, 9.17) is 13.7 Å². The van der Waals surface area contributed by atoms with Crippen LogP contribution in [0.4, 0.5) is 0 Å². The number of Topliss-reactive ketones (excluding diaryl/α,β-unsaturated/α-hetero) is 1. The number of methoxy groups -OCH3 is 1. The van der Waals surface area contributed by atoms with Gasteiger partial charge in [0.15, 0.2) is 5.76 Å². The zero-order chi connectivity index (χ0) is 21.3. The minimum absolute atomic E-state index is 0.0156. The van der Waals surface area contributed by atoms with E-state index < -0.39 is 10.1 Å². The fraction of sp³-hybridized carbons (Fsp3) is 0.0455. The van der Waals surface area contributed by atoms with Crippen molar-refractivity contribution in [3.63, 3.8) is 0 Å². The summed E-state index contributed by atoms with van der Waals surface area (Å²) in [5, 5.41) is 0. The molecule has 0 radical (unpaired) electrons. The van der Waals surface area contributed by atoms with Gasteiger partial charge in [-0.3, -0.25) is 4.79 Å². The number of allylic oxidation sites excluding steroid dienone is 1. The lowest BCUT2D eigenvalue weighted by molar-refractivity contribution is 0.101. The molecule has 0 fully saturated rings. The minimum Gasteiger partial charge on any atom is -0.497 e. The summed E-state index contributed by atoms with van der Waals surface area (Å²) < 4.78 is 41.7. The van der Waals surface area contributed by atoms with Gasteiger partial charge in [-0.15, -0.1) is 0 Å². The molecule has 0 aliphatic carbocycles. The van der Waals surface area contributed by atoms with Crippen molar-refractivity contribution < 1.29 is 26.9 Å². The molecule has 0 amide bonds. The quantitative estimate of drug-likeness (QED) is 0.379. The van der Waals surface area contributed by atoms with Crippen LogP contribution in [0.3, 0.4) is 0 Å². The topological polar surface area (TPSA) is 78.9 Å². The molecule has 0 bridgehead atoms. The highest BCUT2D eigenvalue weighted by Crippen LogP contribution is 2.36. The smallest absolute Gasteiger partial charge is 0.339 e. The Balaban J connectivity index is 1.59. The first-order chi connectivity index (χ1) is 14.4. The Bertz CT molecular complexity index is 1260. The summed E-state index contributed by atoms with van der Waals surface area (Å²) in [6, 6.07) is 17.6. The van der Waals surface area contributed by atoms with Crippen molar-refractivity contribution in [2.24, 2.45) is 0 Å². The Morgan fingerprint density at radius 1 is 0.967 bits per heavy atom. The molecule has 1 aliphatic heterocycles. The number of ether oxygens (including phenoxy) is 2. The molecule has 0 spiro atoms. The van der Waals surface area contributed by atoms with Crippen molar-refractivity contribution in [3.05, 3.63) is 88.1 Å². The van der Waals surface area contributed by atoms with E-state index in [1.165, 1.54) is 30.3 Å². The molecule has 0 aromatic heterocycles. The maximum atomic E-state index is 12.6. The summed E-state index contributed by atoms with van der Waals surface area (Å²) in [6.07, 6.45) is 1.60. The molecule has 0 N–H and O–H groups in total. The molecule has 3 aromatic rings. The molecule has 0 atom stereocenters. The van der Waals surface area contributed by atoms with Crippen molar-refractivity contribution in [3.8, 4) is 17.2 Å². The number of fused-ring (bicyclic) bond motifs is 1. The van der Waals surface area contributed by atoms with Gasteiger partial charge in [-0.1, -0.05) is 28.1 Å². The number of hydrogen-bond donors (Lipinski definition) is 0. The zero-order valence-corrected chi connectivity index (χ0v) is 18.1. The largest absolute Gasteiger partial charge is 0.497 e. The van der Waals surface area contributed by atoms with Gasteiger partial charge in [0.2, 0.25) is 5.78 Å². The van der Waals surface area contributed by atoms with Crippen LogP contribution in [0.1, 0.15) is 15.9 Å². The van der Waals surface area contributed by atoms with E-state index in [9.17, 15) is 13.2 Å². The molecule has 152 valence electrons. The predicted molar refractivity (Wildman–Crippen MR) is 114 cm³/mol. The number of carbonyl (C=O) groups excluding carboxylic acids is 1. The maximum absolute atomic E-state index is 12.6. The van der Waals surface area contributed by atoms with Crippen LogP contribution in [-0.2, 0) is 10.1 Å². The van der Waals surface area contributed by atoms with E-state index in [1.54, 1.807) is 43.5 Å².